The third kappa shape index (κ3) is 1.83. The molecule has 1 N–H and O–H groups in total. The molecule has 1 aliphatic rings. The molecular formula is C12H16N2O2. The fourth-order valence-electron chi connectivity index (χ4n) is 1.99. The Morgan fingerprint density at radius 2 is 1.81 bits per heavy atom. The molecule has 0 saturated carbocycles. The highest BCUT2D eigenvalue weighted by Crippen LogP contribution is 2.38. The first-order chi connectivity index (χ1) is 7.76. The van der Waals surface area contributed by atoms with Crippen molar-refractivity contribution in [3.63, 3.8) is 0 Å². The van der Waals surface area contributed by atoms with Crippen LogP contribution in [0.3, 0.4) is 0 Å². The highest BCUT2D eigenvalue weighted by atomic mass is 16.5. The normalized spacial score (nSPS) is 15.4. The summed E-state index contributed by atoms with van der Waals surface area (Å²) in [5.74, 6) is 1.60. The van der Waals surface area contributed by atoms with E-state index in [1.54, 1.807) is 14.2 Å². The maximum Gasteiger partial charge on any atom is 0.146 e. The van der Waals surface area contributed by atoms with E-state index in [1.165, 1.54) is 0 Å². The van der Waals surface area contributed by atoms with E-state index in [2.05, 4.69) is 4.90 Å². The molecule has 1 fully saturated rings. The Labute approximate surface area is 95.3 Å². The molecular weight excluding hydrogens is 204 g/mol. The molecule has 0 amide bonds. The molecule has 0 atom stereocenters. The van der Waals surface area contributed by atoms with Gasteiger partial charge in [-0.3, -0.25) is 0 Å². The Bertz CT molecular complexity index is 382. The zero-order valence-corrected chi connectivity index (χ0v) is 9.62. The number of para-hydroxylation sites is 1. The second kappa shape index (κ2) is 4.43. The van der Waals surface area contributed by atoms with Crippen molar-refractivity contribution in [3.8, 4) is 11.5 Å². The molecule has 86 valence electrons. The number of hydrogen-bond donors (Lipinski definition) is 1. The lowest BCUT2D eigenvalue weighted by molar-refractivity contribution is 0.395. The van der Waals surface area contributed by atoms with Crippen LogP contribution in [0.15, 0.2) is 18.2 Å². The molecule has 0 spiro atoms. The zero-order valence-electron chi connectivity index (χ0n) is 9.62. The molecule has 0 bridgehead atoms. The van der Waals surface area contributed by atoms with Gasteiger partial charge in [-0.15, -0.1) is 0 Å². The van der Waals surface area contributed by atoms with Gasteiger partial charge in [0.05, 0.1) is 20.8 Å². The second-order valence-corrected chi connectivity index (χ2v) is 3.79. The highest BCUT2D eigenvalue weighted by Gasteiger charge is 2.23. The zero-order chi connectivity index (χ0) is 11.5. The summed E-state index contributed by atoms with van der Waals surface area (Å²) < 4.78 is 10.7. The Morgan fingerprint density at radius 3 is 2.25 bits per heavy atom. The minimum absolute atomic E-state index is 0.663. The molecule has 0 aliphatic carbocycles. The smallest absolute Gasteiger partial charge is 0.146 e. The number of rotatable bonds is 3. The van der Waals surface area contributed by atoms with Gasteiger partial charge in [0.2, 0.25) is 0 Å². The number of hydrogen-bond acceptors (Lipinski definition) is 4. The monoisotopic (exact) mass is 220 g/mol. The largest absolute Gasteiger partial charge is 0.494 e. The lowest BCUT2D eigenvalue weighted by atomic mass is 10.2. The predicted molar refractivity (Wildman–Crippen MR) is 64.1 cm³/mol. The number of anilines is 1. The van der Waals surface area contributed by atoms with Crippen LogP contribution >= 0.6 is 0 Å². The van der Waals surface area contributed by atoms with Gasteiger partial charge >= 0.3 is 0 Å². The molecule has 16 heavy (non-hydrogen) atoms. The minimum Gasteiger partial charge on any atom is -0.494 e. The van der Waals surface area contributed by atoms with Crippen LogP contribution in [0.1, 0.15) is 6.42 Å². The van der Waals surface area contributed by atoms with Gasteiger partial charge in [0.25, 0.3) is 0 Å². The van der Waals surface area contributed by atoms with Crippen LogP contribution in [0.25, 0.3) is 0 Å². The first-order valence-electron chi connectivity index (χ1n) is 5.28. The Kier molecular flexibility index (Phi) is 2.99. The summed E-state index contributed by atoms with van der Waals surface area (Å²) in [5, 5.41) is 7.66. The lowest BCUT2D eigenvalue weighted by Gasteiger charge is -2.22. The summed E-state index contributed by atoms with van der Waals surface area (Å²) in [6, 6.07) is 5.74. The number of methoxy groups -OCH3 is 2. The third-order valence-corrected chi connectivity index (χ3v) is 2.78. The minimum atomic E-state index is 0.663. The molecule has 0 unspecified atom stereocenters. The van der Waals surface area contributed by atoms with Crippen LogP contribution < -0.4 is 14.4 Å². The fourth-order valence-corrected chi connectivity index (χ4v) is 1.99. The van der Waals surface area contributed by atoms with Gasteiger partial charge in [-0.05, 0) is 12.1 Å². The molecule has 4 nitrogen and oxygen atoms in total. The molecule has 0 aromatic heterocycles. The number of ether oxygens (including phenoxy) is 2. The van der Waals surface area contributed by atoms with Gasteiger partial charge in [-0.25, -0.2) is 0 Å². The van der Waals surface area contributed by atoms with Crippen LogP contribution in [0.2, 0.25) is 0 Å². The molecule has 2 rings (SSSR count). The SMILES string of the molecule is COc1cccc(OC)c1N1CCC(=N)C1. The summed E-state index contributed by atoms with van der Waals surface area (Å²) in [4.78, 5) is 2.12. The second-order valence-electron chi connectivity index (χ2n) is 3.79. The number of benzene rings is 1. The van der Waals surface area contributed by atoms with E-state index >= 15 is 0 Å². The van der Waals surface area contributed by atoms with Crippen molar-refractivity contribution >= 4 is 11.4 Å². The molecule has 1 heterocycles. The molecule has 1 aromatic rings. The topological polar surface area (TPSA) is 45.6 Å². The van der Waals surface area contributed by atoms with E-state index in [0.717, 1.165) is 35.9 Å². The number of nitrogens with zero attached hydrogens (tertiary/aromatic N) is 1. The first kappa shape index (κ1) is 10.8. The molecule has 1 saturated heterocycles. The fraction of sp³-hybridized carbons (Fsp3) is 0.417. The molecule has 1 aliphatic heterocycles. The van der Waals surface area contributed by atoms with Crippen LogP contribution in [-0.4, -0.2) is 33.0 Å². The van der Waals surface area contributed by atoms with E-state index in [-0.39, 0.29) is 0 Å². The van der Waals surface area contributed by atoms with Gasteiger partial charge in [0.1, 0.15) is 17.2 Å². The van der Waals surface area contributed by atoms with Crippen molar-refractivity contribution in [2.24, 2.45) is 0 Å². The molecule has 1 aromatic carbocycles. The highest BCUT2D eigenvalue weighted by molar-refractivity contribution is 5.91. The van der Waals surface area contributed by atoms with Crippen LogP contribution in [0.5, 0.6) is 11.5 Å². The van der Waals surface area contributed by atoms with Crippen molar-refractivity contribution in [2.45, 2.75) is 6.42 Å². The van der Waals surface area contributed by atoms with Crippen molar-refractivity contribution in [2.75, 3.05) is 32.2 Å². The van der Waals surface area contributed by atoms with Crippen molar-refractivity contribution < 1.29 is 9.47 Å². The average Bonchev–Trinajstić information content (AvgIpc) is 2.74. The van der Waals surface area contributed by atoms with Gasteiger partial charge in [-0.1, -0.05) is 6.07 Å². The van der Waals surface area contributed by atoms with Crippen LogP contribution in [0.4, 0.5) is 5.69 Å². The van der Waals surface area contributed by atoms with E-state index in [1.807, 2.05) is 18.2 Å². The third-order valence-electron chi connectivity index (χ3n) is 2.78. The standard InChI is InChI=1S/C12H16N2O2/c1-15-10-4-3-5-11(16-2)12(10)14-7-6-9(13)8-14/h3-5,13H,6-8H2,1-2H3. The average molecular weight is 220 g/mol. The summed E-state index contributed by atoms with van der Waals surface area (Å²) in [6.07, 6.45) is 0.821. The molecule has 0 radical (unpaired) electrons. The van der Waals surface area contributed by atoms with Crippen LogP contribution in [0, 0.1) is 5.41 Å². The number of nitrogens with one attached hydrogen (secondary N) is 1. The van der Waals surface area contributed by atoms with Gasteiger partial charge in [0.15, 0.2) is 0 Å². The summed E-state index contributed by atoms with van der Waals surface area (Å²) in [7, 11) is 3.30. The van der Waals surface area contributed by atoms with E-state index in [9.17, 15) is 0 Å². The quantitative estimate of drug-likeness (QED) is 0.846. The van der Waals surface area contributed by atoms with Crippen LogP contribution in [-0.2, 0) is 0 Å². The van der Waals surface area contributed by atoms with Crippen molar-refractivity contribution in [3.05, 3.63) is 18.2 Å². The Hall–Kier alpha value is -1.71. The molecule has 4 heteroatoms. The van der Waals surface area contributed by atoms with E-state index in [4.69, 9.17) is 14.9 Å². The lowest BCUT2D eigenvalue weighted by Crippen LogP contribution is -2.20. The van der Waals surface area contributed by atoms with E-state index < -0.39 is 0 Å². The maximum absolute atomic E-state index is 7.66. The van der Waals surface area contributed by atoms with Gasteiger partial charge in [-0.2, -0.15) is 0 Å². The predicted octanol–water partition coefficient (Wildman–Crippen LogP) is 1.93. The Balaban J connectivity index is 2.40. The first-order valence-corrected chi connectivity index (χ1v) is 5.28. The van der Waals surface area contributed by atoms with Gasteiger partial charge < -0.3 is 19.8 Å². The Morgan fingerprint density at radius 1 is 1.19 bits per heavy atom. The van der Waals surface area contributed by atoms with Crippen molar-refractivity contribution in [1.82, 2.24) is 0 Å². The summed E-state index contributed by atoms with van der Waals surface area (Å²) in [5.41, 5.74) is 1.71. The summed E-state index contributed by atoms with van der Waals surface area (Å²) in [6.45, 7) is 1.52. The van der Waals surface area contributed by atoms with E-state index in [0.29, 0.717) is 6.54 Å². The summed E-state index contributed by atoms with van der Waals surface area (Å²) >= 11 is 0. The van der Waals surface area contributed by atoms with Crippen molar-refractivity contribution in [1.29, 1.82) is 5.41 Å². The van der Waals surface area contributed by atoms with Gasteiger partial charge in [0, 0.05) is 18.7 Å². The maximum atomic E-state index is 7.66.